The van der Waals surface area contributed by atoms with Gasteiger partial charge < -0.3 is 4.42 Å². The molecule has 0 saturated carbocycles. The molecule has 1 aromatic heterocycles. The standard InChI is InChI=1S/C20H15Cl3N2O5S2/c1-3-12-7-20(30-19(12)4-2)32(28,29)25-18-11-13(21)5-6-17(18)24-31(26,27)16-9-14(22)8-15(23)10-16/h3-11,24-25H,1-2H2. The highest BCUT2D eigenvalue weighted by molar-refractivity contribution is 7.93. The second-order valence-electron chi connectivity index (χ2n) is 6.30. The van der Waals surface area contributed by atoms with Crippen LogP contribution in [0.5, 0.6) is 0 Å². The Kier molecular flexibility index (Phi) is 6.97. The lowest BCUT2D eigenvalue weighted by molar-refractivity contribution is 0.445. The van der Waals surface area contributed by atoms with Crippen molar-refractivity contribution in [2.75, 3.05) is 9.44 Å². The Balaban J connectivity index is 2.00. The number of hydrogen-bond donors (Lipinski definition) is 2. The minimum Gasteiger partial charge on any atom is -0.443 e. The van der Waals surface area contributed by atoms with Crippen LogP contribution in [0.2, 0.25) is 15.1 Å². The number of furan rings is 1. The Morgan fingerprint density at radius 3 is 1.94 bits per heavy atom. The van der Waals surface area contributed by atoms with Gasteiger partial charge in [0.15, 0.2) is 0 Å². The van der Waals surface area contributed by atoms with Crippen molar-refractivity contribution < 1.29 is 21.3 Å². The highest BCUT2D eigenvalue weighted by Gasteiger charge is 2.24. The summed E-state index contributed by atoms with van der Waals surface area (Å²) in [6.45, 7) is 7.15. The fourth-order valence-corrected chi connectivity index (χ4v) is 5.64. The monoisotopic (exact) mass is 532 g/mol. The predicted octanol–water partition coefficient (Wildman–Crippen LogP) is 6.13. The van der Waals surface area contributed by atoms with E-state index in [2.05, 4.69) is 22.6 Å². The van der Waals surface area contributed by atoms with Crippen molar-refractivity contribution >= 4 is 78.4 Å². The molecular formula is C20H15Cl3N2O5S2. The summed E-state index contributed by atoms with van der Waals surface area (Å²) in [7, 11) is -8.43. The maximum Gasteiger partial charge on any atom is 0.295 e. The molecule has 0 aliphatic carbocycles. The topological polar surface area (TPSA) is 105 Å². The number of benzene rings is 2. The summed E-state index contributed by atoms with van der Waals surface area (Å²) in [6.07, 6.45) is 2.75. The average Bonchev–Trinajstić information content (AvgIpc) is 3.13. The van der Waals surface area contributed by atoms with Crippen LogP contribution < -0.4 is 9.44 Å². The lowest BCUT2D eigenvalue weighted by Gasteiger charge is -2.14. The second-order valence-corrected chi connectivity index (χ2v) is 10.9. The van der Waals surface area contributed by atoms with E-state index in [0.29, 0.717) is 5.56 Å². The van der Waals surface area contributed by atoms with Gasteiger partial charge in [-0.2, -0.15) is 8.42 Å². The van der Waals surface area contributed by atoms with Crippen molar-refractivity contribution in [3.05, 3.63) is 82.0 Å². The van der Waals surface area contributed by atoms with Gasteiger partial charge in [-0.15, -0.1) is 0 Å². The van der Waals surface area contributed by atoms with Crippen LogP contribution in [0.15, 0.2) is 70.0 Å². The first kappa shape index (κ1) is 24.2. The van der Waals surface area contributed by atoms with Gasteiger partial charge in [-0.3, -0.25) is 9.44 Å². The fourth-order valence-electron chi connectivity index (χ4n) is 2.62. The summed E-state index contributed by atoms with van der Waals surface area (Å²) < 4.78 is 61.3. The molecule has 3 rings (SSSR count). The normalized spacial score (nSPS) is 11.7. The van der Waals surface area contributed by atoms with Gasteiger partial charge in [0.2, 0.25) is 5.09 Å². The molecule has 32 heavy (non-hydrogen) atoms. The van der Waals surface area contributed by atoms with Gasteiger partial charge in [-0.25, -0.2) is 8.42 Å². The van der Waals surface area contributed by atoms with Gasteiger partial charge in [0.1, 0.15) is 5.76 Å². The zero-order valence-electron chi connectivity index (χ0n) is 16.1. The molecule has 0 amide bonds. The van der Waals surface area contributed by atoms with Crippen LogP contribution >= 0.6 is 34.8 Å². The number of nitrogens with one attached hydrogen (secondary N) is 2. The quantitative estimate of drug-likeness (QED) is 0.362. The first-order chi connectivity index (χ1) is 14.9. The van der Waals surface area contributed by atoms with Crippen LogP contribution in [-0.4, -0.2) is 16.8 Å². The molecule has 2 N–H and O–H groups in total. The van der Waals surface area contributed by atoms with Gasteiger partial charge in [0.05, 0.1) is 16.3 Å². The molecule has 0 aliphatic heterocycles. The maximum absolute atomic E-state index is 12.9. The molecule has 0 bridgehead atoms. The van der Waals surface area contributed by atoms with Crippen LogP contribution in [0.3, 0.4) is 0 Å². The number of sulfonamides is 2. The van der Waals surface area contributed by atoms with Crippen molar-refractivity contribution in [1.82, 2.24) is 0 Å². The largest absolute Gasteiger partial charge is 0.443 e. The Bertz CT molecular complexity index is 1390. The predicted molar refractivity (Wildman–Crippen MR) is 128 cm³/mol. The fraction of sp³-hybridized carbons (Fsp3) is 0. The summed E-state index contributed by atoms with van der Waals surface area (Å²) in [5.41, 5.74) is 0.199. The van der Waals surface area contributed by atoms with E-state index in [0.717, 1.165) is 0 Å². The summed E-state index contributed by atoms with van der Waals surface area (Å²) >= 11 is 17.8. The molecule has 0 radical (unpaired) electrons. The van der Waals surface area contributed by atoms with Gasteiger partial charge in [-0.1, -0.05) is 54.0 Å². The Labute approximate surface area is 200 Å². The summed E-state index contributed by atoms with van der Waals surface area (Å²) in [5.74, 6) is 0.213. The first-order valence-electron chi connectivity index (χ1n) is 8.65. The van der Waals surface area contributed by atoms with E-state index >= 15 is 0 Å². The Morgan fingerprint density at radius 1 is 0.750 bits per heavy atom. The Morgan fingerprint density at radius 2 is 1.38 bits per heavy atom. The van der Waals surface area contributed by atoms with E-state index in [1.165, 1.54) is 54.6 Å². The minimum atomic E-state index is -4.26. The molecule has 3 aromatic rings. The molecule has 12 heteroatoms. The molecule has 0 aliphatic rings. The number of anilines is 2. The number of halogens is 3. The van der Waals surface area contributed by atoms with Crippen molar-refractivity contribution in [1.29, 1.82) is 0 Å². The van der Waals surface area contributed by atoms with E-state index in [-0.39, 0.29) is 37.1 Å². The molecule has 0 saturated heterocycles. The maximum atomic E-state index is 12.9. The van der Waals surface area contributed by atoms with E-state index in [9.17, 15) is 16.8 Å². The molecule has 0 unspecified atom stereocenters. The van der Waals surface area contributed by atoms with Crippen molar-refractivity contribution in [3.63, 3.8) is 0 Å². The van der Waals surface area contributed by atoms with Crippen molar-refractivity contribution in [2.24, 2.45) is 0 Å². The lowest BCUT2D eigenvalue weighted by Crippen LogP contribution is -2.17. The summed E-state index contributed by atoms with van der Waals surface area (Å²) in [6, 6.07) is 8.97. The zero-order chi connectivity index (χ0) is 23.7. The summed E-state index contributed by atoms with van der Waals surface area (Å²) in [5, 5.41) is -0.0281. The van der Waals surface area contributed by atoms with E-state index in [1.54, 1.807) is 0 Å². The van der Waals surface area contributed by atoms with E-state index < -0.39 is 25.1 Å². The molecule has 0 fully saturated rings. The third-order valence-corrected chi connectivity index (χ3v) is 7.29. The molecule has 7 nitrogen and oxygen atoms in total. The molecule has 1 heterocycles. The number of hydrogen-bond acceptors (Lipinski definition) is 5. The molecule has 0 atom stereocenters. The van der Waals surface area contributed by atoms with E-state index in [1.807, 2.05) is 0 Å². The van der Waals surface area contributed by atoms with Crippen molar-refractivity contribution in [2.45, 2.75) is 9.99 Å². The SMILES string of the molecule is C=Cc1cc(S(=O)(=O)Nc2cc(Cl)ccc2NS(=O)(=O)c2cc(Cl)cc(Cl)c2)oc1C=C. The van der Waals surface area contributed by atoms with Crippen LogP contribution in [0.4, 0.5) is 11.4 Å². The third-order valence-electron chi connectivity index (χ3n) is 4.06. The van der Waals surface area contributed by atoms with Crippen LogP contribution in [0, 0.1) is 0 Å². The number of rotatable bonds is 8. The highest BCUT2D eigenvalue weighted by Crippen LogP contribution is 2.32. The van der Waals surface area contributed by atoms with Gasteiger partial charge in [-0.05, 0) is 42.5 Å². The highest BCUT2D eigenvalue weighted by atomic mass is 35.5. The summed E-state index contributed by atoms with van der Waals surface area (Å²) in [4.78, 5) is -0.212. The average molecular weight is 534 g/mol. The molecular weight excluding hydrogens is 519 g/mol. The lowest BCUT2D eigenvalue weighted by atomic mass is 10.2. The zero-order valence-corrected chi connectivity index (χ0v) is 20.0. The van der Waals surface area contributed by atoms with Crippen LogP contribution in [0.25, 0.3) is 12.2 Å². The third kappa shape index (κ3) is 5.31. The van der Waals surface area contributed by atoms with Gasteiger partial charge in [0.25, 0.3) is 20.0 Å². The molecule has 0 spiro atoms. The van der Waals surface area contributed by atoms with Gasteiger partial charge >= 0.3 is 0 Å². The first-order valence-corrected chi connectivity index (χ1v) is 12.7. The molecule has 168 valence electrons. The van der Waals surface area contributed by atoms with Crippen molar-refractivity contribution in [3.8, 4) is 0 Å². The smallest absolute Gasteiger partial charge is 0.295 e. The molecule has 2 aromatic carbocycles. The Hall–Kier alpha value is -2.43. The minimum absolute atomic E-state index is 0.0893. The van der Waals surface area contributed by atoms with E-state index in [4.69, 9.17) is 39.2 Å². The second kappa shape index (κ2) is 9.21. The van der Waals surface area contributed by atoms with Crippen LogP contribution in [-0.2, 0) is 20.0 Å². The van der Waals surface area contributed by atoms with Crippen LogP contribution in [0.1, 0.15) is 11.3 Å². The van der Waals surface area contributed by atoms with Gasteiger partial charge in [0, 0.05) is 26.7 Å².